The maximum absolute atomic E-state index is 13.2. The van der Waals surface area contributed by atoms with Gasteiger partial charge in [-0.25, -0.2) is 9.38 Å². The molecule has 24 heavy (non-hydrogen) atoms. The molecule has 0 saturated carbocycles. The monoisotopic (exact) mass is 333 g/mol. The van der Waals surface area contributed by atoms with Gasteiger partial charge in [0, 0.05) is 10.5 Å². The largest absolute Gasteiger partial charge is 0.248 e. The summed E-state index contributed by atoms with van der Waals surface area (Å²) in [7, 11) is 0. The Bertz CT molecular complexity index is 842. The van der Waals surface area contributed by atoms with Crippen LogP contribution in [0.3, 0.4) is 0 Å². The highest BCUT2D eigenvalue weighted by atomic mass is 32.2. The fourth-order valence-electron chi connectivity index (χ4n) is 2.17. The van der Waals surface area contributed by atoms with Crippen molar-refractivity contribution in [1.29, 1.82) is 0 Å². The summed E-state index contributed by atoms with van der Waals surface area (Å²) in [6.45, 7) is 0. The molecule has 3 aromatic carbocycles. The van der Waals surface area contributed by atoms with Crippen LogP contribution in [0.2, 0.25) is 0 Å². The van der Waals surface area contributed by atoms with Crippen molar-refractivity contribution >= 4 is 23.2 Å². The zero-order valence-corrected chi connectivity index (χ0v) is 13.8. The highest BCUT2D eigenvalue weighted by molar-refractivity contribution is 8.02. The zero-order chi connectivity index (χ0) is 16.6. The first-order chi connectivity index (χ1) is 11.8. The SMILES string of the molecule is Fc1cccc(SC=CC(=Nc2ccccc2)c2ccccc2)c1. The average Bonchev–Trinajstić information content (AvgIpc) is 2.63. The first kappa shape index (κ1) is 16.2. The average molecular weight is 333 g/mol. The third-order valence-corrected chi connectivity index (χ3v) is 4.10. The molecule has 0 radical (unpaired) electrons. The van der Waals surface area contributed by atoms with Gasteiger partial charge in [0.05, 0.1) is 11.4 Å². The molecule has 0 heterocycles. The lowest BCUT2D eigenvalue weighted by Gasteiger charge is -2.03. The van der Waals surface area contributed by atoms with Crippen LogP contribution in [-0.4, -0.2) is 5.71 Å². The third kappa shape index (κ3) is 4.67. The predicted octanol–water partition coefficient (Wildman–Crippen LogP) is 6.25. The molecule has 0 aromatic heterocycles. The number of nitrogens with zero attached hydrogens (tertiary/aromatic N) is 1. The number of allylic oxidation sites excluding steroid dienone is 1. The highest BCUT2D eigenvalue weighted by Gasteiger charge is 2.00. The molecule has 0 amide bonds. The molecular formula is C21H16FNS. The Hall–Kier alpha value is -2.65. The van der Waals surface area contributed by atoms with Crippen LogP contribution in [-0.2, 0) is 0 Å². The molecule has 0 aliphatic rings. The molecule has 0 bridgehead atoms. The van der Waals surface area contributed by atoms with Gasteiger partial charge in [0.15, 0.2) is 0 Å². The topological polar surface area (TPSA) is 12.4 Å². The minimum Gasteiger partial charge on any atom is -0.248 e. The van der Waals surface area contributed by atoms with Crippen molar-refractivity contribution in [2.24, 2.45) is 4.99 Å². The summed E-state index contributed by atoms with van der Waals surface area (Å²) in [6, 6.07) is 26.4. The van der Waals surface area contributed by atoms with Crippen LogP contribution in [0, 0.1) is 5.82 Å². The quantitative estimate of drug-likeness (QED) is 0.397. The van der Waals surface area contributed by atoms with E-state index >= 15 is 0 Å². The lowest BCUT2D eigenvalue weighted by atomic mass is 10.1. The number of benzene rings is 3. The summed E-state index contributed by atoms with van der Waals surface area (Å²) in [5.41, 5.74) is 2.81. The molecule has 0 unspecified atom stereocenters. The number of halogens is 1. The van der Waals surface area contributed by atoms with Crippen molar-refractivity contribution in [2.75, 3.05) is 0 Å². The van der Waals surface area contributed by atoms with Gasteiger partial charge in [-0.15, -0.1) is 0 Å². The third-order valence-electron chi connectivity index (χ3n) is 3.30. The van der Waals surface area contributed by atoms with Crippen molar-refractivity contribution in [2.45, 2.75) is 4.90 Å². The van der Waals surface area contributed by atoms with E-state index in [-0.39, 0.29) is 5.82 Å². The first-order valence-electron chi connectivity index (χ1n) is 7.59. The fourth-order valence-corrected chi connectivity index (χ4v) is 2.86. The van der Waals surface area contributed by atoms with Gasteiger partial charge in [0.2, 0.25) is 0 Å². The number of para-hydroxylation sites is 1. The number of aliphatic imine (C=N–C) groups is 1. The Morgan fingerprint density at radius 2 is 1.54 bits per heavy atom. The maximum Gasteiger partial charge on any atom is 0.124 e. The van der Waals surface area contributed by atoms with Gasteiger partial charge in [-0.05, 0) is 41.8 Å². The van der Waals surface area contributed by atoms with Crippen LogP contribution < -0.4 is 0 Å². The van der Waals surface area contributed by atoms with Gasteiger partial charge in [0.25, 0.3) is 0 Å². The molecular weight excluding hydrogens is 317 g/mol. The number of hydrogen-bond acceptors (Lipinski definition) is 2. The van der Waals surface area contributed by atoms with Crippen molar-refractivity contribution in [1.82, 2.24) is 0 Å². The van der Waals surface area contributed by atoms with Crippen molar-refractivity contribution in [3.63, 3.8) is 0 Å². The summed E-state index contributed by atoms with van der Waals surface area (Å²) in [5.74, 6) is -0.227. The van der Waals surface area contributed by atoms with Gasteiger partial charge < -0.3 is 0 Å². The van der Waals surface area contributed by atoms with E-state index in [1.54, 1.807) is 6.07 Å². The van der Waals surface area contributed by atoms with E-state index in [4.69, 9.17) is 4.99 Å². The highest BCUT2D eigenvalue weighted by Crippen LogP contribution is 2.21. The summed E-state index contributed by atoms with van der Waals surface area (Å²) in [5, 5.41) is 1.93. The first-order valence-corrected chi connectivity index (χ1v) is 8.47. The van der Waals surface area contributed by atoms with E-state index < -0.39 is 0 Å². The van der Waals surface area contributed by atoms with E-state index in [9.17, 15) is 4.39 Å². The van der Waals surface area contributed by atoms with E-state index in [1.807, 2.05) is 78.2 Å². The van der Waals surface area contributed by atoms with Gasteiger partial charge in [-0.1, -0.05) is 66.4 Å². The van der Waals surface area contributed by atoms with E-state index in [0.29, 0.717) is 0 Å². The molecule has 3 rings (SSSR count). The van der Waals surface area contributed by atoms with E-state index in [0.717, 1.165) is 21.9 Å². The second kappa shape index (κ2) is 8.27. The summed E-state index contributed by atoms with van der Waals surface area (Å²) in [6.07, 6.45) is 1.96. The molecule has 0 N–H and O–H groups in total. The normalized spacial score (nSPS) is 11.8. The van der Waals surface area contributed by atoms with Crippen molar-refractivity contribution in [3.8, 4) is 0 Å². The molecule has 3 aromatic rings. The van der Waals surface area contributed by atoms with Gasteiger partial charge >= 0.3 is 0 Å². The molecule has 0 atom stereocenters. The Morgan fingerprint density at radius 1 is 0.833 bits per heavy atom. The smallest absolute Gasteiger partial charge is 0.124 e. The lowest BCUT2D eigenvalue weighted by Crippen LogP contribution is -1.95. The lowest BCUT2D eigenvalue weighted by molar-refractivity contribution is 0.624. The number of hydrogen-bond donors (Lipinski definition) is 0. The van der Waals surface area contributed by atoms with Crippen LogP contribution in [0.4, 0.5) is 10.1 Å². The van der Waals surface area contributed by atoms with Crippen LogP contribution in [0.25, 0.3) is 0 Å². The van der Waals surface area contributed by atoms with E-state index in [2.05, 4.69) is 0 Å². The summed E-state index contributed by atoms with van der Waals surface area (Å²) >= 11 is 1.47. The number of rotatable bonds is 5. The molecule has 0 saturated heterocycles. The van der Waals surface area contributed by atoms with Gasteiger partial charge in [-0.2, -0.15) is 0 Å². The fraction of sp³-hybridized carbons (Fsp3) is 0. The van der Waals surface area contributed by atoms with Crippen LogP contribution in [0.5, 0.6) is 0 Å². The minimum absolute atomic E-state index is 0.227. The Kier molecular flexibility index (Phi) is 5.59. The Morgan fingerprint density at radius 3 is 2.25 bits per heavy atom. The molecule has 0 spiro atoms. The summed E-state index contributed by atoms with van der Waals surface area (Å²) < 4.78 is 13.2. The molecule has 0 aliphatic heterocycles. The molecule has 0 fully saturated rings. The second-order valence-corrected chi connectivity index (χ2v) is 6.06. The Balaban J connectivity index is 1.85. The zero-order valence-electron chi connectivity index (χ0n) is 13.0. The standard InChI is InChI=1S/C21H16FNS/c22-18-10-7-13-20(16-18)24-15-14-21(17-8-3-1-4-9-17)23-19-11-5-2-6-12-19/h1-16H. The van der Waals surface area contributed by atoms with Gasteiger partial charge in [0.1, 0.15) is 5.82 Å². The second-order valence-electron chi connectivity index (χ2n) is 5.08. The molecule has 118 valence electrons. The van der Waals surface area contributed by atoms with E-state index in [1.165, 1.54) is 23.9 Å². The van der Waals surface area contributed by atoms with Crippen LogP contribution in [0.1, 0.15) is 5.56 Å². The molecule has 0 aliphatic carbocycles. The van der Waals surface area contributed by atoms with Crippen molar-refractivity contribution in [3.05, 3.63) is 108 Å². The molecule has 1 nitrogen and oxygen atoms in total. The maximum atomic E-state index is 13.2. The summed E-state index contributed by atoms with van der Waals surface area (Å²) in [4.78, 5) is 5.58. The molecule has 3 heteroatoms. The number of thioether (sulfide) groups is 1. The van der Waals surface area contributed by atoms with Crippen LogP contribution >= 0.6 is 11.8 Å². The predicted molar refractivity (Wildman–Crippen MR) is 100 cm³/mol. The van der Waals surface area contributed by atoms with Crippen molar-refractivity contribution < 1.29 is 4.39 Å². The van der Waals surface area contributed by atoms with Crippen LogP contribution in [0.15, 0.2) is 106 Å². The Labute approximate surface area is 145 Å². The van der Waals surface area contributed by atoms with Gasteiger partial charge in [-0.3, -0.25) is 0 Å². The minimum atomic E-state index is -0.227.